The molecular formula is C13H14N4O3. The molecule has 0 spiro atoms. The lowest BCUT2D eigenvalue weighted by atomic mass is 10.3. The number of benzene rings is 1. The highest BCUT2D eigenvalue weighted by Crippen LogP contribution is 2.15. The molecule has 104 valence electrons. The summed E-state index contributed by atoms with van der Waals surface area (Å²) >= 11 is 0. The van der Waals surface area contributed by atoms with E-state index in [1.165, 1.54) is 18.0 Å². The summed E-state index contributed by atoms with van der Waals surface area (Å²) in [5.41, 5.74) is 0.986. The number of ether oxygens (including phenoxy) is 1. The highest BCUT2D eigenvalue weighted by atomic mass is 16.5. The summed E-state index contributed by atoms with van der Waals surface area (Å²) in [6, 6.07) is 8.50. The normalized spacial score (nSPS) is 9.90. The molecule has 1 aromatic carbocycles. The Hall–Kier alpha value is -2.83. The zero-order valence-electron chi connectivity index (χ0n) is 11.1. The summed E-state index contributed by atoms with van der Waals surface area (Å²) in [5, 5.41) is 9.15. The number of aromatic nitrogens is 2. The van der Waals surface area contributed by atoms with Gasteiger partial charge in [-0.05, 0) is 12.1 Å². The second-order valence-electron chi connectivity index (χ2n) is 4.00. The maximum Gasteiger partial charge on any atom is 0.360 e. The molecule has 0 saturated carbocycles. The standard InChI is InChI=1S/C13H14N4O3/c1-17-8-10(11(16-17)12(18)20-2)15-13(19)14-9-6-4-3-5-7-9/h3-8H,1-2H3,(H2,14,15,19). The van der Waals surface area contributed by atoms with Gasteiger partial charge < -0.3 is 15.4 Å². The van der Waals surface area contributed by atoms with Crippen molar-refractivity contribution in [2.45, 2.75) is 0 Å². The zero-order valence-corrected chi connectivity index (χ0v) is 11.1. The molecule has 0 bridgehead atoms. The molecule has 2 aromatic rings. The van der Waals surface area contributed by atoms with Crippen molar-refractivity contribution >= 4 is 23.4 Å². The smallest absolute Gasteiger partial charge is 0.360 e. The van der Waals surface area contributed by atoms with Gasteiger partial charge in [0.15, 0.2) is 5.69 Å². The number of aryl methyl sites for hydroxylation is 1. The van der Waals surface area contributed by atoms with Crippen LogP contribution in [0.2, 0.25) is 0 Å². The topological polar surface area (TPSA) is 85.2 Å². The predicted molar refractivity (Wildman–Crippen MR) is 73.6 cm³/mol. The minimum Gasteiger partial charge on any atom is -0.464 e. The summed E-state index contributed by atoms with van der Waals surface area (Å²) in [6.45, 7) is 0. The maximum absolute atomic E-state index is 11.8. The first-order chi connectivity index (χ1) is 9.60. The van der Waals surface area contributed by atoms with E-state index in [9.17, 15) is 9.59 Å². The number of anilines is 2. The zero-order chi connectivity index (χ0) is 14.5. The molecule has 1 aromatic heterocycles. The molecule has 7 nitrogen and oxygen atoms in total. The number of urea groups is 1. The monoisotopic (exact) mass is 274 g/mol. The Morgan fingerprint density at radius 3 is 2.55 bits per heavy atom. The maximum atomic E-state index is 11.8. The van der Waals surface area contributed by atoms with Crippen LogP contribution in [0, 0.1) is 0 Å². The Labute approximate surface area is 115 Å². The number of hydrogen-bond acceptors (Lipinski definition) is 4. The van der Waals surface area contributed by atoms with E-state index < -0.39 is 12.0 Å². The van der Waals surface area contributed by atoms with Crippen molar-refractivity contribution in [1.82, 2.24) is 9.78 Å². The fourth-order valence-electron chi connectivity index (χ4n) is 1.63. The summed E-state index contributed by atoms with van der Waals surface area (Å²) in [4.78, 5) is 23.4. The molecule has 0 aliphatic rings. The van der Waals surface area contributed by atoms with Crippen molar-refractivity contribution in [2.75, 3.05) is 17.7 Å². The lowest BCUT2D eigenvalue weighted by Crippen LogP contribution is -2.20. The van der Waals surface area contributed by atoms with Crippen LogP contribution in [0.3, 0.4) is 0 Å². The van der Waals surface area contributed by atoms with Crippen molar-refractivity contribution in [3.8, 4) is 0 Å². The van der Waals surface area contributed by atoms with Crippen LogP contribution in [0.4, 0.5) is 16.2 Å². The molecule has 2 rings (SSSR count). The fraction of sp³-hybridized carbons (Fsp3) is 0.154. The van der Waals surface area contributed by atoms with E-state index in [0.717, 1.165) is 0 Å². The first-order valence-electron chi connectivity index (χ1n) is 5.85. The summed E-state index contributed by atoms with van der Waals surface area (Å²) in [6.07, 6.45) is 1.52. The predicted octanol–water partition coefficient (Wildman–Crippen LogP) is 1.85. The summed E-state index contributed by atoms with van der Waals surface area (Å²) in [5.74, 6) is -0.611. The van der Waals surface area contributed by atoms with Crippen LogP contribution >= 0.6 is 0 Å². The van der Waals surface area contributed by atoms with Gasteiger partial charge in [0.05, 0.1) is 12.8 Å². The molecular weight excluding hydrogens is 260 g/mol. The number of rotatable bonds is 3. The third-order valence-electron chi connectivity index (χ3n) is 2.49. The van der Waals surface area contributed by atoms with Crippen LogP contribution < -0.4 is 10.6 Å². The third kappa shape index (κ3) is 3.14. The highest BCUT2D eigenvalue weighted by Gasteiger charge is 2.18. The van der Waals surface area contributed by atoms with Gasteiger partial charge in [0.1, 0.15) is 0 Å². The lowest BCUT2D eigenvalue weighted by Gasteiger charge is -2.06. The first-order valence-corrected chi connectivity index (χ1v) is 5.85. The largest absolute Gasteiger partial charge is 0.464 e. The molecule has 0 radical (unpaired) electrons. The number of nitrogens with zero attached hydrogens (tertiary/aromatic N) is 2. The van der Waals surface area contributed by atoms with Crippen molar-refractivity contribution in [3.63, 3.8) is 0 Å². The molecule has 0 aliphatic carbocycles. The molecule has 1 heterocycles. The number of amides is 2. The van der Waals surface area contributed by atoms with Crippen LogP contribution in [0.1, 0.15) is 10.5 Å². The molecule has 2 N–H and O–H groups in total. The quantitative estimate of drug-likeness (QED) is 0.836. The molecule has 0 fully saturated rings. The van der Waals surface area contributed by atoms with Crippen molar-refractivity contribution in [1.29, 1.82) is 0 Å². The van der Waals surface area contributed by atoms with E-state index in [1.807, 2.05) is 6.07 Å². The SMILES string of the molecule is COC(=O)c1nn(C)cc1NC(=O)Nc1ccccc1. The number of carbonyl (C=O) groups is 2. The van der Waals surface area contributed by atoms with E-state index in [-0.39, 0.29) is 11.4 Å². The molecule has 20 heavy (non-hydrogen) atoms. The van der Waals surface area contributed by atoms with Crippen LogP contribution in [0.25, 0.3) is 0 Å². The third-order valence-corrected chi connectivity index (χ3v) is 2.49. The Morgan fingerprint density at radius 2 is 1.90 bits per heavy atom. The van der Waals surface area contributed by atoms with E-state index in [1.54, 1.807) is 31.3 Å². The average molecular weight is 274 g/mol. The Kier molecular flexibility index (Phi) is 3.99. The second-order valence-corrected chi connectivity index (χ2v) is 4.00. The number of nitrogens with one attached hydrogen (secondary N) is 2. The van der Waals surface area contributed by atoms with E-state index in [2.05, 4.69) is 20.5 Å². The molecule has 2 amide bonds. The summed E-state index contributed by atoms with van der Waals surface area (Å²) < 4.78 is 6.02. The van der Waals surface area contributed by atoms with Gasteiger partial charge in [-0.2, -0.15) is 5.10 Å². The number of para-hydroxylation sites is 1. The Morgan fingerprint density at radius 1 is 1.20 bits per heavy atom. The molecule has 7 heteroatoms. The molecule has 0 aliphatic heterocycles. The van der Waals surface area contributed by atoms with Crippen molar-refractivity contribution in [3.05, 3.63) is 42.2 Å². The molecule has 0 saturated heterocycles. The second kappa shape index (κ2) is 5.87. The van der Waals surface area contributed by atoms with Crippen LogP contribution in [0.15, 0.2) is 36.5 Å². The van der Waals surface area contributed by atoms with Crippen molar-refractivity contribution < 1.29 is 14.3 Å². The van der Waals surface area contributed by atoms with Crippen LogP contribution in [0.5, 0.6) is 0 Å². The van der Waals surface area contributed by atoms with E-state index in [4.69, 9.17) is 0 Å². The summed E-state index contributed by atoms with van der Waals surface area (Å²) in [7, 11) is 2.90. The van der Waals surface area contributed by atoms with Gasteiger partial charge in [-0.25, -0.2) is 9.59 Å². The average Bonchev–Trinajstić information content (AvgIpc) is 2.79. The fourth-order valence-corrected chi connectivity index (χ4v) is 1.63. The van der Waals surface area contributed by atoms with E-state index >= 15 is 0 Å². The van der Waals surface area contributed by atoms with Crippen LogP contribution in [-0.4, -0.2) is 28.9 Å². The number of esters is 1. The highest BCUT2D eigenvalue weighted by molar-refractivity contribution is 6.04. The first kappa shape index (κ1) is 13.6. The van der Waals surface area contributed by atoms with Gasteiger partial charge in [0, 0.05) is 18.9 Å². The van der Waals surface area contributed by atoms with Gasteiger partial charge >= 0.3 is 12.0 Å². The number of methoxy groups -OCH3 is 1. The molecule has 0 atom stereocenters. The van der Waals surface area contributed by atoms with Crippen LogP contribution in [-0.2, 0) is 11.8 Å². The molecule has 0 unspecified atom stereocenters. The van der Waals surface area contributed by atoms with Crippen molar-refractivity contribution in [2.24, 2.45) is 7.05 Å². The lowest BCUT2D eigenvalue weighted by molar-refractivity contribution is 0.0594. The minimum absolute atomic E-state index is 0.0539. The number of carbonyl (C=O) groups excluding carboxylic acids is 2. The minimum atomic E-state index is -0.611. The Bertz CT molecular complexity index is 622. The van der Waals surface area contributed by atoms with Gasteiger partial charge in [-0.3, -0.25) is 4.68 Å². The van der Waals surface area contributed by atoms with Gasteiger partial charge in [0.25, 0.3) is 0 Å². The van der Waals surface area contributed by atoms with Gasteiger partial charge in [-0.15, -0.1) is 0 Å². The Balaban J connectivity index is 2.10. The number of hydrogen-bond donors (Lipinski definition) is 2. The van der Waals surface area contributed by atoms with Gasteiger partial charge in [-0.1, -0.05) is 18.2 Å². The van der Waals surface area contributed by atoms with E-state index in [0.29, 0.717) is 5.69 Å². The van der Waals surface area contributed by atoms with Gasteiger partial charge in [0.2, 0.25) is 0 Å².